The molecule has 0 aromatic carbocycles. The van der Waals surface area contributed by atoms with Crippen LogP contribution in [-0.2, 0) is 9.47 Å². The maximum Gasteiger partial charge on any atom is 0.0572 e. The van der Waals surface area contributed by atoms with Crippen molar-refractivity contribution >= 4 is 0 Å². The molecule has 0 radical (unpaired) electrons. The Hall–Kier alpha value is -0.0800. The van der Waals surface area contributed by atoms with Gasteiger partial charge in [0.15, 0.2) is 0 Å². The average Bonchev–Trinajstić information content (AvgIpc) is 2.09. The molecule has 0 aromatic heterocycles. The summed E-state index contributed by atoms with van der Waals surface area (Å²) in [6, 6.07) is 0. The zero-order valence-corrected chi connectivity index (χ0v) is 9.14. The molecule has 2 nitrogen and oxygen atoms in total. The third kappa shape index (κ3) is 3.28. The highest BCUT2D eigenvalue weighted by atomic mass is 16.5. The van der Waals surface area contributed by atoms with Crippen LogP contribution in [0.3, 0.4) is 0 Å². The molecule has 0 N–H and O–H groups in total. The first-order chi connectivity index (χ1) is 6.20. The summed E-state index contributed by atoms with van der Waals surface area (Å²) in [5.74, 6) is 0. The lowest BCUT2D eigenvalue weighted by Gasteiger charge is -2.38. The van der Waals surface area contributed by atoms with Gasteiger partial charge < -0.3 is 9.47 Å². The van der Waals surface area contributed by atoms with E-state index in [1.807, 2.05) is 0 Å². The summed E-state index contributed by atoms with van der Waals surface area (Å²) >= 11 is 0. The molecule has 0 aromatic rings. The lowest BCUT2D eigenvalue weighted by atomic mass is 9.90. The Labute approximate surface area is 81.6 Å². The van der Waals surface area contributed by atoms with Gasteiger partial charge >= 0.3 is 0 Å². The van der Waals surface area contributed by atoms with E-state index in [1.54, 1.807) is 0 Å². The molecule has 0 spiro atoms. The molecule has 0 saturated carbocycles. The molecule has 2 heteroatoms. The van der Waals surface area contributed by atoms with Crippen LogP contribution in [-0.4, -0.2) is 25.9 Å². The number of ether oxygens (including phenoxy) is 2. The number of hydrogen-bond acceptors (Lipinski definition) is 2. The van der Waals surface area contributed by atoms with Gasteiger partial charge in [-0.1, -0.05) is 27.2 Å². The highest BCUT2D eigenvalue weighted by molar-refractivity contribution is 4.80. The van der Waals surface area contributed by atoms with Crippen LogP contribution in [0.15, 0.2) is 0 Å². The zero-order chi connectivity index (χ0) is 9.73. The van der Waals surface area contributed by atoms with Crippen LogP contribution >= 0.6 is 0 Å². The first-order valence-corrected chi connectivity index (χ1v) is 5.39. The van der Waals surface area contributed by atoms with E-state index < -0.39 is 0 Å². The van der Waals surface area contributed by atoms with Crippen molar-refractivity contribution in [3.05, 3.63) is 0 Å². The van der Waals surface area contributed by atoms with Gasteiger partial charge in [-0.3, -0.25) is 0 Å². The van der Waals surface area contributed by atoms with E-state index in [9.17, 15) is 0 Å². The third-order valence-corrected chi connectivity index (χ3v) is 2.63. The van der Waals surface area contributed by atoms with Crippen LogP contribution in [0.4, 0.5) is 0 Å². The Kier molecular flexibility index (Phi) is 4.20. The summed E-state index contributed by atoms with van der Waals surface area (Å²) in [6.07, 6.45) is 3.99. The summed E-state index contributed by atoms with van der Waals surface area (Å²) in [6.45, 7) is 9.24. The van der Waals surface area contributed by atoms with Crippen molar-refractivity contribution < 1.29 is 9.47 Å². The van der Waals surface area contributed by atoms with E-state index in [0.717, 1.165) is 26.2 Å². The molecule has 1 fully saturated rings. The highest BCUT2D eigenvalue weighted by Crippen LogP contribution is 2.27. The van der Waals surface area contributed by atoms with Gasteiger partial charge in [-0.25, -0.2) is 0 Å². The predicted octanol–water partition coefficient (Wildman–Crippen LogP) is 2.62. The molecule has 1 heterocycles. The van der Waals surface area contributed by atoms with Crippen molar-refractivity contribution in [2.75, 3.05) is 19.8 Å². The van der Waals surface area contributed by atoms with E-state index in [-0.39, 0.29) is 0 Å². The fourth-order valence-corrected chi connectivity index (χ4v) is 1.58. The Bertz CT molecular complexity index is 141. The van der Waals surface area contributed by atoms with Gasteiger partial charge in [-0.15, -0.1) is 0 Å². The van der Waals surface area contributed by atoms with Crippen LogP contribution in [0.5, 0.6) is 0 Å². The average molecular weight is 186 g/mol. The Morgan fingerprint density at radius 1 is 1.38 bits per heavy atom. The summed E-state index contributed by atoms with van der Waals surface area (Å²) in [5.41, 5.74) is 0.307. The van der Waals surface area contributed by atoms with E-state index in [0.29, 0.717) is 11.5 Å². The van der Waals surface area contributed by atoms with Gasteiger partial charge in [0.05, 0.1) is 25.9 Å². The first kappa shape index (κ1) is 11.0. The van der Waals surface area contributed by atoms with Crippen molar-refractivity contribution in [3.8, 4) is 0 Å². The van der Waals surface area contributed by atoms with E-state index in [4.69, 9.17) is 9.47 Å². The van der Waals surface area contributed by atoms with Gasteiger partial charge in [0.2, 0.25) is 0 Å². The molecule has 1 rings (SSSR count). The van der Waals surface area contributed by atoms with Crippen LogP contribution in [0.1, 0.15) is 40.0 Å². The molecule has 1 saturated heterocycles. The molecule has 78 valence electrons. The lowest BCUT2D eigenvalue weighted by Crippen LogP contribution is -2.44. The monoisotopic (exact) mass is 186 g/mol. The maximum absolute atomic E-state index is 5.86. The fraction of sp³-hybridized carbons (Fsp3) is 1.00. The fourth-order valence-electron chi connectivity index (χ4n) is 1.58. The molecule has 0 aliphatic carbocycles. The highest BCUT2D eigenvalue weighted by Gasteiger charge is 2.34. The summed E-state index contributed by atoms with van der Waals surface area (Å²) in [4.78, 5) is 0. The van der Waals surface area contributed by atoms with Crippen LogP contribution < -0.4 is 0 Å². The van der Waals surface area contributed by atoms with Crippen molar-refractivity contribution in [1.29, 1.82) is 0 Å². The molecule has 1 aliphatic heterocycles. The summed E-state index contributed by atoms with van der Waals surface area (Å²) in [5, 5.41) is 0. The molecular weight excluding hydrogens is 164 g/mol. The van der Waals surface area contributed by atoms with Crippen molar-refractivity contribution in [2.24, 2.45) is 5.41 Å². The third-order valence-electron chi connectivity index (χ3n) is 2.63. The molecule has 0 bridgehead atoms. The van der Waals surface area contributed by atoms with Gasteiger partial charge in [-0.05, 0) is 12.8 Å². The topological polar surface area (TPSA) is 18.5 Å². The molecule has 1 unspecified atom stereocenters. The second-order valence-electron chi connectivity index (χ2n) is 4.43. The van der Waals surface area contributed by atoms with Crippen LogP contribution in [0.2, 0.25) is 0 Å². The molecule has 13 heavy (non-hydrogen) atoms. The predicted molar refractivity (Wildman–Crippen MR) is 53.9 cm³/mol. The molecule has 1 atom stereocenters. The standard InChI is InChI=1S/C11H22O2/c1-4-6-10(5-2)13-9-11(3)7-12-8-11/h10H,4-9H2,1-3H3. The van der Waals surface area contributed by atoms with Crippen molar-refractivity contribution in [3.63, 3.8) is 0 Å². The zero-order valence-electron chi connectivity index (χ0n) is 9.14. The van der Waals surface area contributed by atoms with E-state index in [1.165, 1.54) is 12.8 Å². The smallest absolute Gasteiger partial charge is 0.0572 e. The SMILES string of the molecule is CCCC(CC)OCC1(C)COC1. The minimum absolute atomic E-state index is 0.307. The Morgan fingerprint density at radius 2 is 2.08 bits per heavy atom. The van der Waals surface area contributed by atoms with Gasteiger partial charge in [0, 0.05) is 5.41 Å². The maximum atomic E-state index is 5.86. The van der Waals surface area contributed by atoms with Crippen LogP contribution in [0, 0.1) is 5.41 Å². The minimum Gasteiger partial charge on any atom is -0.380 e. The molecule has 1 aliphatic rings. The van der Waals surface area contributed by atoms with Crippen molar-refractivity contribution in [2.45, 2.75) is 46.1 Å². The van der Waals surface area contributed by atoms with E-state index in [2.05, 4.69) is 20.8 Å². The minimum atomic E-state index is 0.307. The summed E-state index contributed by atoms with van der Waals surface area (Å²) in [7, 11) is 0. The second kappa shape index (κ2) is 4.97. The quantitative estimate of drug-likeness (QED) is 0.635. The lowest BCUT2D eigenvalue weighted by molar-refractivity contribution is -0.149. The Balaban J connectivity index is 2.15. The van der Waals surface area contributed by atoms with Gasteiger partial charge in [0.25, 0.3) is 0 Å². The summed E-state index contributed by atoms with van der Waals surface area (Å²) < 4.78 is 11.0. The van der Waals surface area contributed by atoms with E-state index >= 15 is 0 Å². The first-order valence-electron chi connectivity index (χ1n) is 5.39. The van der Waals surface area contributed by atoms with Crippen LogP contribution in [0.25, 0.3) is 0 Å². The Morgan fingerprint density at radius 3 is 2.46 bits per heavy atom. The van der Waals surface area contributed by atoms with Gasteiger partial charge in [0.1, 0.15) is 0 Å². The normalized spacial score (nSPS) is 22.4. The second-order valence-corrected chi connectivity index (χ2v) is 4.43. The largest absolute Gasteiger partial charge is 0.380 e. The number of hydrogen-bond donors (Lipinski definition) is 0. The number of rotatable bonds is 6. The molecular formula is C11H22O2. The van der Waals surface area contributed by atoms with Crippen molar-refractivity contribution in [1.82, 2.24) is 0 Å². The molecule has 0 amide bonds. The van der Waals surface area contributed by atoms with Gasteiger partial charge in [-0.2, -0.15) is 0 Å².